The van der Waals surface area contributed by atoms with Crippen molar-refractivity contribution in [2.24, 2.45) is 5.73 Å². The Morgan fingerprint density at radius 1 is 1.29 bits per heavy atom. The van der Waals surface area contributed by atoms with E-state index in [9.17, 15) is 8.78 Å². The van der Waals surface area contributed by atoms with Crippen LogP contribution in [0.5, 0.6) is 0 Å². The number of aryl methyl sites for hydroxylation is 2. The number of nitrogens with two attached hydrogens (primary N) is 1. The van der Waals surface area contributed by atoms with Gasteiger partial charge in [0.1, 0.15) is 6.04 Å². The van der Waals surface area contributed by atoms with Crippen molar-refractivity contribution in [3.8, 4) is 0 Å². The first-order chi connectivity index (χ1) is 6.68. The topological polar surface area (TPSA) is 26.0 Å². The van der Waals surface area contributed by atoms with E-state index < -0.39 is 12.5 Å². The van der Waals surface area contributed by atoms with E-state index in [0.29, 0.717) is 4.88 Å². The van der Waals surface area contributed by atoms with E-state index in [1.165, 1.54) is 34.6 Å². The molecule has 1 aliphatic carbocycles. The minimum atomic E-state index is -2.45. The highest BCUT2D eigenvalue weighted by molar-refractivity contribution is 7.12. The molecule has 14 heavy (non-hydrogen) atoms. The second-order valence-electron chi connectivity index (χ2n) is 3.66. The predicted molar refractivity (Wildman–Crippen MR) is 53.9 cm³/mol. The number of thiophene rings is 1. The Balaban J connectivity index is 2.23. The highest BCUT2D eigenvalue weighted by Gasteiger charge is 2.22. The lowest BCUT2D eigenvalue weighted by molar-refractivity contribution is 0.118. The van der Waals surface area contributed by atoms with Crippen LogP contribution in [0.25, 0.3) is 0 Å². The van der Waals surface area contributed by atoms with Gasteiger partial charge >= 0.3 is 0 Å². The molecule has 0 saturated heterocycles. The number of halogens is 2. The zero-order valence-corrected chi connectivity index (χ0v) is 8.62. The van der Waals surface area contributed by atoms with Gasteiger partial charge in [-0.3, -0.25) is 0 Å². The fourth-order valence-electron chi connectivity index (χ4n) is 1.80. The van der Waals surface area contributed by atoms with Gasteiger partial charge in [-0.2, -0.15) is 0 Å². The monoisotopic (exact) mass is 217 g/mol. The maximum Gasteiger partial charge on any atom is 0.258 e. The molecule has 1 aromatic rings. The van der Waals surface area contributed by atoms with Gasteiger partial charge in [-0.05, 0) is 37.3 Å². The quantitative estimate of drug-likeness (QED) is 0.810. The lowest BCUT2D eigenvalue weighted by atomic mass is 9.99. The Hall–Kier alpha value is -0.480. The second-order valence-corrected chi connectivity index (χ2v) is 4.83. The first-order valence-electron chi connectivity index (χ1n) is 4.83. The van der Waals surface area contributed by atoms with Gasteiger partial charge in [0.2, 0.25) is 0 Å². The van der Waals surface area contributed by atoms with Crippen LogP contribution in [0.15, 0.2) is 6.07 Å². The third kappa shape index (κ3) is 1.81. The van der Waals surface area contributed by atoms with Crippen molar-refractivity contribution in [1.29, 1.82) is 0 Å². The first-order valence-corrected chi connectivity index (χ1v) is 5.65. The van der Waals surface area contributed by atoms with Crippen LogP contribution in [-0.2, 0) is 12.8 Å². The Bertz CT molecular complexity index is 298. The Morgan fingerprint density at radius 3 is 2.64 bits per heavy atom. The number of alkyl halides is 2. The van der Waals surface area contributed by atoms with Crippen LogP contribution in [0, 0.1) is 0 Å². The third-order valence-corrected chi connectivity index (χ3v) is 3.95. The Morgan fingerprint density at radius 2 is 2.00 bits per heavy atom. The van der Waals surface area contributed by atoms with E-state index in [1.54, 1.807) is 0 Å². The molecule has 0 amide bonds. The average Bonchev–Trinajstić information content (AvgIpc) is 2.59. The fraction of sp³-hybridized carbons (Fsp3) is 0.600. The molecule has 0 aliphatic heterocycles. The second kappa shape index (κ2) is 3.95. The molecule has 0 fully saturated rings. The standard InChI is InChI=1S/C10H13F2NS/c11-10(12)9(13)8-5-6-3-1-2-4-7(6)14-8/h5,9-10H,1-4,13H2. The summed E-state index contributed by atoms with van der Waals surface area (Å²) in [5.74, 6) is 0. The summed E-state index contributed by atoms with van der Waals surface area (Å²) in [4.78, 5) is 1.91. The summed E-state index contributed by atoms with van der Waals surface area (Å²) in [7, 11) is 0. The zero-order chi connectivity index (χ0) is 10.1. The van der Waals surface area contributed by atoms with Crippen LogP contribution in [-0.4, -0.2) is 6.43 Å². The van der Waals surface area contributed by atoms with E-state index in [1.807, 2.05) is 6.07 Å². The SMILES string of the molecule is NC(c1cc2c(s1)CCCC2)C(F)F. The lowest BCUT2D eigenvalue weighted by Crippen LogP contribution is -2.17. The van der Waals surface area contributed by atoms with E-state index in [4.69, 9.17) is 5.73 Å². The zero-order valence-electron chi connectivity index (χ0n) is 7.80. The molecule has 4 heteroatoms. The lowest BCUT2D eigenvalue weighted by Gasteiger charge is -2.08. The van der Waals surface area contributed by atoms with Gasteiger partial charge in [0, 0.05) is 9.75 Å². The molecular weight excluding hydrogens is 204 g/mol. The molecule has 1 atom stereocenters. The molecule has 2 rings (SSSR count). The van der Waals surface area contributed by atoms with Crippen molar-refractivity contribution in [1.82, 2.24) is 0 Å². The molecule has 1 nitrogen and oxygen atoms in total. The molecule has 0 radical (unpaired) electrons. The molecular formula is C10H13F2NS. The molecule has 78 valence electrons. The van der Waals surface area contributed by atoms with Crippen LogP contribution in [0.3, 0.4) is 0 Å². The van der Waals surface area contributed by atoms with Crippen LogP contribution in [0.4, 0.5) is 8.78 Å². The van der Waals surface area contributed by atoms with Crippen LogP contribution >= 0.6 is 11.3 Å². The molecule has 1 aliphatic rings. The van der Waals surface area contributed by atoms with Gasteiger partial charge < -0.3 is 5.73 Å². The summed E-state index contributed by atoms with van der Waals surface area (Å²) in [6, 6.07) is 0.779. The van der Waals surface area contributed by atoms with E-state index in [-0.39, 0.29) is 0 Å². The van der Waals surface area contributed by atoms with Crippen molar-refractivity contribution in [2.75, 3.05) is 0 Å². The molecule has 0 spiro atoms. The number of rotatable bonds is 2. The van der Waals surface area contributed by atoms with Crippen LogP contribution in [0.2, 0.25) is 0 Å². The van der Waals surface area contributed by atoms with E-state index in [2.05, 4.69) is 0 Å². The van der Waals surface area contributed by atoms with Crippen LogP contribution in [0.1, 0.15) is 34.2 Å². The maximum atomic E-state index is 12.4. The van der Waals surface area contributed by atoms with Crippen molar-refractivity contribution >= 4 is 11.3 Å². The number of hydrogen-bond acceptors (Lipinski definition) is 2. The fourth-order valence-corrected chi connectivity index (χ4v) is 3.07. The van der Waals surface area contributed by atoms with Gasteiger partial charge in [0.15, 0.2) is 0 Å². The molecule has 1 unspecified atom stereocenters. The van der Waals surface area contributed by atoms with E-state index in [0.717, 1.165) is 12.8 Å². The Labute approximate surface area is 85.9 Å². The summed E-state index contributed by atoms with van der Waals surface area (Å²) < 4.78 is 24.7. The van der Waals surface area contributed by atoms with Gasteiger partial charge in [-0.25, -0.2) is 8.78 Å². The molecule has 1 aromatic heterocycles. The molecule has 2 N–H and O–H groups in total. The van der Waals surface area contributed by atoms with Gasteiger partial charge in [-0.1, -0.05) is 0 Å². The summed E-state index contributed by atoms with van der Waals surface area (Å²) in [6.07, 6.45) is 1.97. The van der Waals surface area contributed by atoms with Gasteiger partial charge in [0.25, 0.3) is 6.43 Å². The minimum Gasteiger partial charge on any atom is -0.319 e. The summed E-state index contributed by atoms with van der Waals surface area (Å²) >= 11 is 1.47. The predicted octanol–water partition coefficient (Wildman–Crippen LogP) is 2.89. The van der Waals surface area contributed by atoms with Gasteiger partial charge in [0.05, 0.1) is 0 Å². The van der Waals surface area contributed by atoms with E-state index >= 15 is 0 Å². The largest absolute Gasteiger partial charge is 0.319 e. The Kier molecular flexibility index (Phi) is 2.83. The van der Waals surface area contributed by atoms with Crippen LogP contribution < -0.4 is 5.73 Å². The summed E-state index contributed by atoms with van der Waals surface area (Å²) in [6.45, 7) is 0. The van der Waals surface area contributed by atoms with Crippen molar-refractivity contribution in [2.45, 2.75) is 38.2 Å². The molecule has 0 bridgehead atoms. The van der Waals surface area contributed by atoms with Gasteiger partial charge in [-0.15, -0.1) is 11.3 Å². The maximum absolute atomic E-state index is 12.4. The molecule has 0 aromatic carbocycles. The normalized spacial score (nSPS) is 18.3. The highest BCUT2D eigenvalue weighted by atomic mass is 32.1. The number of hydrogen-bond donors (Lipinski definition) is 1. The molecule has 0 saturated carbocycles. The van der Waals surface area contributed by atoms with Crippen molar-refractivity contribution in [3.63, 3.8) is 0 Å². The molecule has 1 heterocycles. The minimum absolute atomic E-state index is 0.645. The third-order valence-electron chi connectivity index (χ3n) is 2.62. The first kappa shape index (κ1) is 10.1. The van der Waals surface area contributed by atoms with Crippen molar-refractivity contribution in [3.05, 3.63) is 21.4 Å². The van der Waals surface area contributed by atoms with Crippen molar-refractivity contribution < 1.29 is 8.78 Å². The summed E-state index contributed by atoms with van der Waals surface area (Å²) in [5.41, 5.74) is 6.65. The highest BCUT2D eigenvalue weighted by Crippen LogP contribution is 2.33. The summed E-state index contributed by atoms with van der Waals surface area (Å²) in [5, 5.41) is 0. The smallest absolute Gasteiger partial charge is 0.258 e. The average molecular weight is 217 g/mol. The number of fused-ring (bicyclic) bond motifs is 1.